The van der Waals surface area contributed by atoms with Crippen LogP contribution in [-0.4, -0.2) is 59.2 Å². The number of nitrogens with zero attached hydrogens (tertiary/aromatic N) is 1. The Labute approximate surface area is 184 Å². The number of ether oxygens (including phenoxy) is 1. The zero-order valence-corrected chi connectivity index (χ0v) is 16.7. The topological polar surface area (TPSA) is 22.1 Å². The summed E-state index contributed by atoms with van der Waals surface area (Å²) in [6.45, 7) is -3.04. The second-order valence-corrected chi connectivity index (χ2v) is 7.17. The van der Waals surface area contributed by atoms with Gasteiger partial charge in [0.1, 0.15) is 0 Å². The summed E-state index contributed by atoms with van der Waals surface area (Å²) in [4.78, 5) is 3.10. The second kappa shape index (κ2) is 8.42. The minimum atomic E-state index is -8.66. The van der Waals surface area contributed by atoms with Crippen molar-refractivity contribution in [3.63, 3.8) is 0 Å². The third-order valence-corrected chi connectivity index (χ3v) is 4.36. The zero-order chi connectivity index (χ0) is 27.4. The number of aromatic nitrogens is 1. The predicted molar refractivity (Wildman–Crippen MR) is 78.1 cm³/mol. The number of pyridine rings is 1. The Balaban J connectivity index is 3.45. The van der Waals surface area contributed by atoms with Crippen molar-refractivity contribution in [2.24, 2.45) is 0 Å². The third-order valence-electron chi connectivity index (χ3n) is 3.89. The van der Waals surface area contributed by atoms with Gasteiger partial charge in [-0.1, -0.05) is 0 Å². The molecule has 1 rings (SSSR count). The van der Waals surface area contributed by atoms with Crippen molar-refractivity contribution in [2.75, 3.05) is 6.61 Å². The number of halogens is 18. The second-order valence-electron chi connectivity index (χ2n) is 6.25. The van der Waals surface area contributed by atoms with Crippen LogP contribution in [0.1, 0.15) is 0 Å². The first kappa shape index (κ1) is 30.3. The maximum atomic E-state index is 13.6. The summed E-state index contributed by atoms with van der Waals surface area (Å²) < 4.78 is 227. The van der Waals surface area contributed by atoms with Crippen LogP contribution in [0.5, 0.6) is 5.88 Å². The number of rotatable bonds is 9. The fraction of sp³-hybridized carbons (Fsp3) is 0.643. The van der Waals surface area contributed by atoms with Gasteiger partial charge in [-0.3, -0.25) is 0 Å². The molecule has 1 aromatic heterocycles. The Morgan fingerprint density at radius 1 is 0.588 bits per heavy atom. The summed E-state index contributed by atoms with van der Waals surface area (Å²) in [5.41, 5.74) is 0. The van der Waals surface area contributed by atoms with E-state index in [9.17, 15) is 74.6 Å². The number of hydrogen-bond donors (Lipinski definition) is 0. The molecule has 0 unspecified atom stereocenters. The average Bonchev–Trinajstić information content (AvgIpc) is 2.65. The number of alkyl halides is 17. The third kappa shape index (κ3) is 4.33. The molecule has 0 atom stereocenters. The SMILES string of the molecule is FC(F)(F)C(F)(F)C(F)(F)C(F)(F)C(F)(F)C(F)(F)C(F)(F)C(F)(F)COc1ccc(Br)cn1. The Hall–Kier alpha value is -1.76. The molecule has 1 heterocycles. The summed E-state index contributed by atoms with van der Waals surface area (Å²) in [6.07, 6.45) is -7.04. The molecule has 0 N–H and O–H groups in total. The highest BCUT2D eigenvalue weighted by Crippen LogP contribution is 2.63. The molecule has 0 radical (unpaired) electrons. The lowest BCUT2D eigenvalue weighted by Gasteiger charge is -2.42. The predicted octanol–water partition coefficient (Wildman–Crippen LogP) is 7.23. The van der Waals surface area contributed by atoms with Gasteiger partial charge in [0.25, 0.3) is 0 Å². The molecule has 0 spiro atoms. The van der Waals surface area contributed by atoms with Crippen LogP contribution in [0.25, 0.3) is 0 Å². The molecule has 20 heteroatoms. The Bertz CT molecular complexity index is 864. The molecule has 0 amide bonds. The summed E-state index contributed by atoms with van der Waals surface area (Å²) in [5.74, 6) is -57.8. The standard InChI is InChI=1S/C14H5BrF17NO/c15-5-1-2-6(33-3-5)34-4-7(16,17)8(18,19)9(20,21)10(22,23)11(24,25)12(26,27)13(28,29)14(30,31)32/h1-3H,4H2. The fourth-order valence-electron chi connectivity index (χ4n) is 1.90. The molecule has 2 nitrogen and oxygen atoms in total. The lowest BCUT2D eigenvalue weighted by Crippen LogP contribution is -2.74. The van der Waals surface area contributed by atoms with Crippen LogP contribution >= 0.6 is 15.9 Å². The van der Waals surface area contributed by atoms with E-state index in [0.29, 0.717) is 6.07 Å². The van der Waals surface area contributed by atoms with Gasteiger partial charge in [0, 0.05) is 16.7 Å². The van der Waals surface area contributed by atoms with Crippen molar-refractivity contribution in [3.8, 4) is 5.88 Å². The number of hydrogen-bond acceptors (Lipinski definition) is 2. The summed E-state index contributed by atoms with van der Waals surface area (Å²) >= 11 is 2.75. The molecular weight excluding hydrogens is 601 g/mol. The summed E-state index contributed by atoms with van der Waals surface area (Å²) in [5, 5.41) is 0. The van der Waals surface area contributed by atoms with Gasteiger partial charge >= 0.3 is 47.6 Å². The Kier molecular flexibility index (Phi) is 7.50. The van der Waals surface area contributed by atoms with Crippen LogP contribution in [0.3, 0.4) is 0 Å². The van der Waals surface area contributed by atoms with Crippen LogP contribution < -0.4 is 4.74 Å². The molecule has 0 aliphatic heterocycles. The van der Waals surface area contributed by atoms with Gasteiger partial charge in [0.15, 0.2) is 6.61 Å². The van der Waals surface area contributed by atoms with Crippen molar-refractivity contribution in [1.29, 1.82) is 0 Å². The lowest BCUT2D eigenvalue weighted by molar-refractivity contribution is -0.462. The van der Waals surface area contributed by atoms with E-state index in [1.54, 1.807) is 0 Å². The molecular formula is C14H5BrF17NO. The first-order valence-corrected chi connectivity index (χ1v) is 8.47. The van der Waals surface area contributed by atoms with Gasteiger partial charge in [-0.25, -0.2) is 4.98 Å². The minimum Gasteiger partial charge on any atom is -0.471 e. The van der Waals surface area contributed by atoms with Crippen LogP contribution in [0, 0.1) is 0 Å². The van der Waals surface area contributed by atoms with Gasteiger partial charge in [-0.15, -0.1) is 0 Å². The van der Waals surface area contributed by atoms with Crippen LogP contribution in [0.15, 0.2) is 22.8 Å². The normalized spacial score (nSPS) is 15.5. The molecule has 1 aromatic rings. The lowest BCUT2D eigenvalue weighted by atomic mass is 9.89. The molecule has 0 saturated heterocycles. The van der Waals surface area contributed by atoms with E-state index < -0.39 is 60.1 Å². The van der Waals surface area contributed by atoms with Crippen LogP contribution in [-0.2, 0) is 0 Å². The molecule has 0 aliphatic rings. The summed E-state index contributed by atoms with van der Waals surface area (Å²) in [7, 11) is 0. The molecule has 0 saturated carbocycles. The minimum absolute atomic E-state index is 0.113. The van der Waals surface area contributed by atoms with Crippen LogP contribution in [0.4, 0.5) is 74.6 Å². The Morgan fingerprint density at radius 2 is 0.971 bits per heavy atom. The van der Waals surface area contributed by atoms with E-state index >= 15 is 0 Å². The van der Waals surface area contributed by atoms with Crippen molar-refractivity contribution in [3.05, 3.63) is 22.8 Å². The molecule has 34 heavy (non-hydrogen) atoms. The van der Waals surface area contributed by atoms with E-state index in [1.807, 2.05) is 0 Å². The van der Waals surface area contributed by atoms with Crippen LogP contribution in [0.2, 0.25) is 0 Å². The highest BCUT2D eigenvalue weighted by atomic mass is 79.9. The van der Waals surface area contributed by atoms with Gasteiger partial charge in [-0.2, -0.15) is 74.6 Å². The van der Waals surface area contributed by atoms with Crippen molar-refractivity contribution < 1.29 is 79.4 Å². The van der Waals surface area contributed by atoms with E-state index in [1.165, 1.54) is 0 Å². The molecule has 0 aliphatic carbocycles. The molecule has 198 valence electrons. The van der Waals surface area contributed by atoms with Crippen molar-refractivity contribution in [2.45, 2.75) is 47.6 Å². The smallest absolute Gasteiger partial charge is 0.460 e. The zero-order valence-electron chi connectivity index (χ0n) is 15.1. The monoisotopic (exact) mass is 605 g/mol. The van der Waals surface area contributed by atoms with E-state index in [0.717, 1.165) is 12.3 Å². The molecule has 0 bridgehead atoms. The van der Waals surface area contributed by atoms with Crippen molar-refractivity contribution >= 4 is 15.9 Å². The summed E-state index contributed by atoms with van der Waals surface area (Å²) in [6, 6.07) is 1.55. The first-order chi connectivity index (χ1) is 14.7. The van der Waals surface area contributed by atoms with Gasteiger partial charge < -0.3 is 4.74 Å². The quantitative estimate of drug-likeness (QED) is 0.277. The Morgan fingerprint density at radius 3 is 1.32 bits per heavy atom. The van der Waals surface area contributed by atoms with Gasteiger partial charge in [0.2, 0.25) is 5.88 Å². The van der Waals surface area contributed by atoms with E-state index in [2.05, 4.69) is 25.7 Å². The van der Waals surface area contributed by atoms with Crippen molar-refractivity contribution in [1.82, 2.24) is 4.98 Å². The highest BCUT2D eigenvalue weighted by molar-refractivity contribution is 9.10. The highest BCUT2D eigenvalue weighted by Gasteiger charge is 2.95. The van der Waals surface area contributed by atoms with E-state index in [4.69, 9.17) is 0 Å². The maximum absolute atomic E-state index is 13.6. The van der Waals surface area contributed by atoms with Gasteiger partial charge in [-0.05, 0) is 22.0 Å². The van der Waals surface area contributed by atoms with E-state index in [-0.39, 0.29) is 4.47 Å². The largest absolute Gasteiger partial charge is 0.471 e. The van der Waals surface area contributed by atoms with Gasteiger partial charge in [0.05, 0.1) is 0 Å². The first-order valence-electron chi connectivity index (χ1n) is 7.68. The fourth-order valence-corrected chi connectivity index (χ4v) is 2.13. The maximum Gasteiger partial charge on any atom is 0.460 e. The molecule has 0 fully saturated rings. The molecule has 0 aromatic carbocycles. The average molecular weight is 606 g/mol.